The van der Waals surface area contributed by atoms with Gasteiger partial charge in [0.2, 0.25) is 0 Å². The molecule has 0 amide bonds. The van der Waals surface area contributed by atoms with Crippen LogP contribution in [0.5, 0.6) is 0 Å². The number of rotatable bonds is 5. The van der Waals surface area contributed by atoms with Crippen molar-refractivity contribution >= 4 is 0 Å². The summed E-state index contributed by atoms with van der Waals surface area (Å²) in [6, 6.07) is 6.34. The Bertz CT molecular complexity index is 563. The van der Waals surface area contributed by atoms with Crippen LogP contribution in [0.15, 0.2) is 29.0 Å². The van der Waals surface area contributed by atoms with Gasteiger partial charge in [-0.2, -0.15) is 0 Å². The van der Waals surface area contributed by atoms with Crippen LogP contribution in [-0.4, -0.2) is 11.5 Å². The van der Waals surface area contributed by atoms with Crippen molar-refractivity contribution in [1.29, 1.82) is 0 Å². The average molecular weight is 258 g/mol. The minimum absolute atomic E-state index is 0.695. The highest BCUT2D eigenvalue weighted by Crippen LogP contribution is 2.28. The molecule has 3 rings (SSSR count). The van der Waals surface area contributed by atoms with Gasteiger partial charge in [-0.25, -0.2) is 4.98 Å². The molecule has 1 aromatic carbocycles. The number of nitrogens with zero attached hydrogens (tertiary/aromatic N) is 1. The molecule has 0 radical (unpaired) electrons. The van der Waals surface area contributed by atoms with Crippen molar-refractivity contribution in [2.45, 2.75) is 33.1 Å². The second kappa shape index (κ2) is 5.55. The maximum Gasteiger partial charge on any atom is 0.181 e. The van der Waals surface area contributed by atoms with Crippen molar-refractivity contribution in [1.82, 2.24) is 10.3 Å². The number of hydrogen-bond donors (Lipinski definition) is 1. The first kappa shape index (κ1) is 12.4. The van der Waals surface area contributed by atoms with E-state index in [0.717, 1.165) is 43.1 Å². The van der Waals surface area contributed by atoms with Gasteiger partial charge in [0.15, 0.2) is 12.2 Å². The van der Waals surface area contributed by atoms with Gasteiger partial charge in [-0.3, -0.25) is 0 Å². The molecular weight excluding hydrogens is 240 g/mol. The Morgan fingerprint density at radius 1 is 1.26 bits per heavy atom. The summed E-state index contributed by atoms with van der Waals surface area (Å²) in [7, 11) is 0. The molecule has 1 aliphatic rings. The maximum atomic E-state index is 5.55. The lowest BCUT2D eigenvalue weighted by molar-refractivity contribution is 0.134. The fourth-order valence-corrected chi connectivity index (χ4v) is 2.33. The van der Waals surface area contributed by atoms with Crippen LogP contribution >= 0.6 is 0 Å². The van der Waals surface area contributed by atoms with Crippen molar-refractivity contribution in [2.24, 2.45) is 0 Å². The second-order valence-electron chi connectivity index (χ2n) is 4.78. The molecule has 0 atom stereocenters. The lowest BCUT2D eigenvalue weighted by Crippen LogP contribution is -2.14. The van der Waals surface area contributed by atoms with E-state index in [1.807, 2.05) is 0 Å². The summed E-state index contributed by atoms with van der Waals surface area (Å²) in [4.78, 5) is 4.30. The zero-order valence-corrected chi connectivity index (χ0v) is 11.1. The molecule has 0 bridgehead atoms. The Hall–Kier alpha value is -1.65. The highest BCUT2D eigenvalue weighted by atomic mass is 16.5. The van der Waals surface area contributed by atoms with Crippen molar-refractivity contribution in [2.75, 3.05) is 6.54 Å². The molecule has 19 heavy (non-hydrogen) atoms. The summed E-state index contributed by atoms with van der Waals surface area (Å²) in [5.74, 6) is 0.860. The summed E-state index contributed by atoms with van der Waals surface area (Å²) in [6.45, 7) is 5.30. The van der Waals surface area contributed by atoms with E-state index < -0.39 is 0 Å². The molecule has 2 heterocycles. The lowest BCUT2D eigenvalue weighted by Gasteiger charge is -2.04. The summed E-state index contributed by atoms with van der Waals surface area (Å²) in [5, 5.41) is 3.35. The van der Waals surface area contributed by atoms with Crippen LogP contribution in [0.2, 0.25) is 0 Å². The zero-order valence-electron chi connectivity index (χ0n) is 11.1. The lowest BCUT2D eigenvalue weighted by atomic mass is 10.0. The van der Waals surface area contributed by atoms with Gasteiger partial charge in [-0.05, 0) is 30.2 Å². The van der Waals surface area contributed by atoms with E-state index in [-0.39, 0.29) is 0 Å². The van der Waals surface area contributed by atoms with Crippen LogP contribution in [0.4, 0.5) is 0 Å². The van der Waals surface area contributed by atoms with E-state index in [1.165, 1.54) is 17.5 Å². The third-order valence-electron chi connectivity index (χ3n) is 3.34. The van der Waals surface area contributed by atoms with Crippen molar-refractivity contribution in [3.63, 3.8) is 0 Å². The smallest absolute Gasteiger partial charge is 0.181 e. The Labute approximate surface area is 112 Å². The van der Waals surface area contributed by atoms with Crippen molar-refractivity contribution in [3.8, 4) is 11.3 Å². The topological polar surface area (TPSA) is 47.3 Å². The molecule has 100 valence electrons. The van der Waals surface area contributed by atoms with Crippen LogP contribution < -0.4 is 5.32 Å². The molecule has 0 saturated carbocycles. The van der Waals surface area contributed by atoms with Gasteiger partial charge < -0.3 is 14.5 Å². The summed E-state index contributed by atoms with van der Waals surface area (Å²) >= 11 is 0. The predicted octanol–water partition coefficient (Wildman–Crippen LogP) is 2.87. The van der Waals surface area contributed by atoms with Gasteiger partial charge in [-0.1, -0.05) is 19.1 Å². The largest absolute Gasteiger partial charge is 0.443 e. The van der Waals surface area contributed by atoms with Crippen LogP contribution in [-0.2, 0) is 24.5 Å². The Balaban J connectivity index is 1.84. The fraction of sp³-hybridized carbons (Fsp3) is 0.400. The molecule has 1 N–H and O–H groups in total. The molecule has 0 spiro atoms. The summed E-state index contributed by atoms with van der Waals surface area (Å²) in [5.41, 5.74) is 4.57. The zero-order chi connectivity index (χ0) is 13.1. The van der Waals surface area contributed by atoms with E-state index in [0.29, 0.717) is 6.61 Å². The van der Waals surface area contributed by atoms with Crippen molar-refractivity contribution in [3.05, 3.63) is 41.4 Å². The molecule has 4 heteroatoms. The average Bonchev–Trinajstić information content (AvgIpc) is 3.06. The highest BCUT2D eigenvalue weighted by molar-refractivity contribution is 5.61. The molecule has 0 unspecified atom stereocenters. The predicted molar refractivity (Wildman–Crippen MR) is 72.4 cm³/mol. The molecule has 0 aliphatic carbocycles. The second-order valence-corrected chi connectivity index (χ2v) is 4.78. The number of oxazole rings is 1. The highest BCUT2D eigenvalue weighted by Gasteiger charge is 2.15. The first-order chi connectivity index (χ1) is 9.38. The van der Waals surface area contributed by atoms with Gasteiger partial charge in [0.25, 0.3) is 0 Å². The Morgan fingerprint density at radius 3 is 3.05 bits per heavy atom. The quantitative estimate of drug-likeness (QED) is 0.838. The van der Waals surface area contributed by atoms with Crippen LogP contribution in [0.1, 0.15) is 30.2 Å². The summed E-state index contributed by atoms with van der Waals surface area (Å²) in [6.07, 6.45) is 2.63. The molecule has 2 aromatic rings. The number of hydrogen-bond acceptors (Lipinski definition) is 4. The molecule has 0 fully saturated rings. The molecule has 1 aromatic heterocycles. The standard InChI is InChI=1S/C15H18N2O2/c1-2-5-16-7-14-15(19-10-17-14)11-3-4-12-8-18-9-13(12)6-11/h3-4,6,10,16H,2,5,7-9H2,1H3. The Kier molecular flexibility index (Phi) is 3.62. The fourth-order valence-electron chi connectivity index (χ4n) is 2.33. The molecule has 4 nitrogen and oxygen atoms in total. The van der Waals surface area contributed by atoms with E-state index >= 15 is 0 Å². The van der Waals surface area contributed by atoms with Crippen molar-refractivity contribution < 1.29 is 9.15 Å². The van der Waals surface area contributed by atoms with Crippen LogP contribution in [0.25, 0.3) is 11.3 Å². The van der Waals surface area contributed by atoms with Gasteiger partial charge in [0, 0.05) is 12.1 Å². The number of fused-ring (bicyclic) bond motifs is 1. The van der Waals surface area contributed by atoms with Crippen LogP contribution in [0, 0.1) is 0 Å². The maximum absolute atomic E-state index is 5.55. The third-order valence-corrected chi connectivity index (χ3v) is 3.34. The summed E-state index contributed by atoms with van der Waals surface area (Å²) < 4.78 is 11.0. The first-order valence-corrected chi connectivity index (χ1v) is 6.71. The SMILES string of the molecule is CCCNCc1ncoc1-c1ccc2c(c1)COC2. The molecule has 0 saturated heterocycles. The normalized spacial score (nSPS) is 13.7. The van der Waals surface area contributed by atoms with Gasteiger partial charge in [0.05, 0.1) is 13.2 Å². The van der Waals surface area contributed by atoms with Crippen LogP contribution in [0.3, 0.4) is 0 Å². The number of nitrogens with one attached hydrogen (secondary N) is 1. The Morgan fingerprint density at radius 2 is 2.16 bits per heavy atom. The molecular formula is C15H18N2O2. The van der Waals surface area contributed by atoms with Gasteiger partial charge in [0.1, 0.15) is 5.69 Å². The third kappa shape index (κ3) is 2.55. The number of benzene rings is 1. The minimum atomic E-state index is 0.695. The van der Waals surface area contributed by atoms with E-state index in [2.05, 4.69) is 35.4 Å². The van der Waals surface area contributed by atoms with E-state index in [4.69, 9.17) is 9.15 Å². The van der Waals surface area contributed by atoms with E-state index in [9.17, 15) is 0 Å². The minimum Gasteiger partial charge on any atom is -0.443 e. The van der Waals surface area contributed by atoms with Gasteiger partial charge in [-0.15, -0.1) is 0 Å². The van der Waals surface area contributed by atoms with Gasteiger partial charge >= 0.3 is 0 Å². The monoisotopic (exact) mass is 258 g/mol. The number of aromatic nitrogens is 1. The molecule has 1 aliphatic heterocycles. The number of ether oxygens (including phenoxy) is 1. The van der Waals surface area contributed by atoms with E-state index in [1.54, 1.807) is 0 Å². The first-order valence-electron chi connectivity index (χ1n) is 6.71.